The molecule has 0 aromatic rings. The second-order valence-corrected chi connectivity index (χ2v) is 3.74. The van der Waals surface area contributed by atoms with Crippen molar-refractivity contribution in [2.75, 3.05) is 26.0 Å². The number of rotatable bonds is 7. The fraction of sp³-hybridized carbons (Fsp3) is 0.889. The van der Waals surface area contributed by atoms with Gasteiger partial charge in [-0.2, -0.15) is 17.7 Å². The summed E-state index contributed by atoms with van der Waals surface area (Å²) in [6.07, 6.45) is 0.461. The lowest BCUT2D eigenvalue weighted by Crippen LogP contribution is -2.32. The van der Waals surface area contributed by atoms with Gasteiger partial charge < -0.3 is 5.32 Å². The molecule has 0 aliphatic heterocycles. The molecule has 0 aliphatic carbocycles. The van der Waals surface area contributed by atoms with E-state index in [1.807, 2.05) is 20.9 Å². The Bertz CT molecular complexity index is 165. The van der Waals surface area contributed by atoms with E-state index in [1.165, 1.54) is 0 Å². The Morgan fingerprint density at radius 3 is 2.71 bits per heavy atom. The van der Waals surface area contributed by atoms with Crippen LogP contribution in [0.4, 0.5) is 0 Å². The first-order chi connectivity index (χ1) is 6.57. The number of hydrogen-bond acceptors (Lipinski definition) is 4. The van der Waals surface area contributed by atoms with Crippen LogP contribution in [0, 0.1) is 0 Å². The highest BCUT2D eigenvalue weighted by molar-refractivity contribution is 7.80. The van der Waals surface area contributed by atoms with Gasteiger partial charge in [0.15, 0.2) is 0 Å². The van der Waals surface area contributed by atoms with E-state index in [4.69, 9.17) is 4.84 Å². The first-order valence-electron chi connectivity index (χ1n) is 4.81. The smallest absolute Gasteiger partial charge is 0.220 e. The SMILES string of the molecule is CC(C)N(C)OCCNC(=O)CCS. The van der Waals surface area contributed by atoms with Crippen molar-refractivity contribution in [1.82, 2.24) is 10.4 Å². The monoisotopic (exact) mass is 220 g/mol. The van der Waals surface area contributed by atoms with Crippen molar-refractivity contribution >= 4 is 18.5 Å². The predicted octanol–water partition coefficient (Wildman–Crippen LogP) is 0.694. The molecule has 0 atom stereocenters. The summed E-state index contributed by atoms with van der Waals surface area (Å²) >= 11 is 3.96. The summed E-state index contributed by atoms with van der Waals surface area (Å²) in [5.41, 5.74) is 0. The molecular weight excluding hydrogens is 200 g/mol. The number of amides is 1. The molecule has 0 bridgehead atoms. The molecule has 0 spiro atoms. The molecule has 1 N–H and O–H groups in total. The lowest BCUT2D eigenvalue weighted by atomic mass is 10.4. The van der Waals surface area contributed by atoms with Crippen molar-refractivity contribution in [2.24, 2.45) is 0 Å². The van der Waals surface area contributed by atoms with E-state index in [1.54, 1.807) is 5.06 Å². The summed E-state index contributed by atoms with van der Waals surface area (Å²) in [6, 6.07) is 0.350. The van der Waals surface area contributed by atoms with Crippen molar-refractivity contribution < 1.29 is 9.63 Å². The lowest BCUT2D eigenvalue weighted by Gasteiger charge is -2.20. The van der Waals surface area contributed by atoms with E-state index >= 15 is 0 Å². The molecule has 0 saturated carbocycles. The molecule has 0 heterocycles. The van der Waals surface area contributed by atoms with Crippen LogP contribution < -0.4 is 5.32 Å². The van der Waals surface area contributed by atoms with Crippen LogP contribution in [0.25, 0.3) is 0 Å². The van der Waals surface area contributed by atoms with Gasteiger partial charge in [-0.15, -0.1) is 0 Å². The van der Waals surface area contributed by atoms with Gasteiger partial charge in [-0.1, -0.05) is 0 Å². The second-order valence-electron chi connectivity index (χ2n) is 3.30. The van der Waals surface area contributed by atoms with E-state index in [0.29, 0.717) is 31.4 Å². The van der Waals surface area contributed by atoms with Crippen LogP contribution in [0.15, 0.2) is 0 Å². The molecule has 5 heteroatoms. The number of carbonyl (C=O) groups excluding carboxylic acids is 1. The van der Waals surface area contributed by atoms with Gasteiger partial charge in [0.1, 0.15) is 0 Å². The van der Waals surface area contributed by atoms with Crippen LogP contribution in [0.2, 0.25) is 0 Å². The Kier molecular flexibility index (Phi) is 7.93. The lowest BCUT2D eigenvalue weighted by molar-refractivity contribution is -0.159. The van der Waals surface area contributed by atoms with Gasteiger partial charge in [0.05, 0.1) is 6.61 Å². The number of hydrogen-bond donors (Lipinski definition) is 2. The molecule has 0 fully saturated rings. The summed E-state index contributed by atoms with van der Waals surface area (Å²) in [6.45, 7) is 5.13. The Labute approximate surface area is 91.4 Å². The zero-order valence-electron chi connectivity index (χ0n) is 9.12. The second kappa shape index (κ2) is 8.08. The summed E-state index contributed by atoms with van der Waals surface area (Å²) in [7, 11) is 1.88. The van der Waals surface area contributed by atoms with Crippen molar-refractivity contribution in [1.29, 1.82) is 0 Å². The first kappa shape index (κ1) is 13.7. The third-order valence-corrected chi connectivity index (χ3v) is 2.01. The van der Waals surface area contributed by atoms with Crippen molar-refractivity contribution in [3.05, 3.63) is 0 Å². The summed E-state index contributed by atoms with van der Waals surface area (Å²) < 4.78 is 0. The van der Waals surface area contributed by atoms with Crippen LogP contribution in [0.1, 0.15) is 20.3 Å². The maximum Gasteiger partial charge on any atom is 0.220 e. The molecule has 0 rings (SSSR count). The number of thiol groups is 1. The highest BCUT2D eigenvalue weighted by Gasteiger charge is 2.03. The van der Waals surface area contributed by atoms with Crippen LogP contribution in [-0.2, 0) is 9.63 Å². The average molecular weight is 220 g/mol. The van der Waals surface area contributed by atoms with Crippen LogP contribution in [-0.4, -0.2) is 43.0 Å². The number of nitrogens with zero attached hydrogens (tertiary/aromatic N) is 1. The fourth-order valence-electron chi connectivity index (χ4n) is 0.719. The van der Waals surface area contributed by atoms with Crippen LogP contribution in [0.5, 0.6) is 0 Å². The predicted molar refractivity (Wildman–Crippen MR) is 60.3 cm³/mol. The number of hydroxylamine groups is 2. The maximum atomic E-state index is 11.0. The fourth-order valence-corrected chi connectivity index (χ4v) is 0.922. The maximum absolute atomic E-state index is 11.0. The molecule has 1 amide bonds. The molecule has 0 aromatic carbocycles. The van der Waals surface area contributed by atoms with E-state index < -0.39 is 0 Å². The van der Waals surface area contributed by atoms with E-state index in [-0.39, 0.29) is 5.91 Å². The summed E-state index contributed by atoms with van der Waals surface area (Å²) in [4.78, 5) is 16.3. The molecule has 0 aromatic heterocycles. The van der Waals surface area contributed by atoms with Gasteiger partial charge in [-0.3, -0.25) is 9.63 Å². The van der Waals surface area contributed by atoms with Gasteiger partial charge in [0, 0.05) is 26.1 Å². The van der Waals surface area contributed by atoms with Crippen molar-refractivity contribution in [2.45, 2.75) is 26.3 Å². The molecular formula is C9H20N2O2S. The van der Waals surface area contributed by atoms with Gasteiger partial charge in [-0.25, -0.2) is 0 Å². The summed E-state index contributed by atoms with van der Waals surface area (Å²) in [5.74, 6) is 0.606. The summed E-state index contributed by atoms with van der Waals surface area (Å²) in [5, 5.41) is 4.51. The molecule has 14 heavy (non-hydrogen) atoms. The van der Waals surface area contributed by atoms with E-state index in [2.05, 4.69) is 17.9 Å². The minimum atomic E-state index is 0.0239. The molecule has 0 aliphatic rings. The number of nitrogens with one attached hydrogen (secondary N) is 1. The largest absolute Gasteiger partial charge is 0.354 e. The van der Waals surface area contributed by atoms with Crippen LogP contribution >= 0.6 is 12.6 Å². The normalized spacial score (nSPS) is 11.0. The molecule has 0 unspecified atom stereocenters. The van der Waals surface area contributed by atoms with E-state index in [9.17, 15) is 4.79 Å². The van der Waals surface area contributed by atoms with Gasteiger partial charge in [0.2, 0.25) is 5.91 Å². The Hall–Kier alpha value is -0.260. The van der Waals surface area contributed by atoms with Gasteiger partial charge in [-0.05, 0) is 19.6 Å². The highest BCUT2D eigenvalue weighted by atomic mass is 32.1. The molecule has 0 radical (unpaired) electrons. The molecule has 4 nitrogen and oxygen atoms in total. The standard InChI is InChI=1S/C9H20N2O2S/c1-8(2)11(3)13-6-5-10-9(12)4-7-14/h8,14H,4-7H2,1-3H3,(H,10,12). The number of carbonyl (C=O) groups is 1. The minimum absolute atomic E-state index is 0.0239. The topological polar surface area (TPSA) is 41.6 Å². The zero-order valence-corrected chi connectivity index (χ0v) is 10.0. The Morgan fingerprint density at radius 1 is 1.57 bits per heavy atom. The van der Waals surface area contributed by atoms with Gasteiger partial charge in [0.25, 0.3) is 0 Å². The Morgan fingerprint density at radius 2 is 2.21 bits per heavy atom. The molecule has 84 valence electrons. The van der Waals surface area contributed by atoms with Crippen molar-refractivity contribution in [3.8, 4) is 0 Å². The Balaban J connectivity index is 3.33. The van der Waals surface area contributed by atoms with Crippen LogP contribution in [0.3, 0.4) is 0 Å². The zero-order chi connectivity index (χ0) is 11.0. The highest BCUT2D eigenvalue weighted by Crippen LogP contribution is 1.93. The minimum Gasteiger partial charge on any atom is -0.354 e. The average Bonchev–Trinajstić information content (AvgIpc) is 2.12. The first-order valence-corrected chi connectivity index (χ1v) is 5.44. The molecule has 0 saturated heterocycles. The van der Waals surface area contributed by atoms with Gasteiger partial charge >= 0.3 is 0 Å². The third-order valence-electron chi connectivity index (χ3n) is 1.79. The van der Waals surface area contributed by atoms with Crippen molar-refractivity contribution in [3.63, 3.8) is 0 Å². The third kappa shape index (κ3) is 7.17. The van der Waals surface area contributed by atoms with E-state index in [0.717, 1.165) is 0 Å². The quantitative estimate of drug-likeness (QED) is 0.377.